The van der Waals surface area contributed by atoms with E-state index in [0.717, 1.165) is 22.6 Å². The zero-order valence-electron chi connectivity index (χ0n) is 17.2. The van der Waals surface area contributed by atoms with Gasteiger partial charge in [0, 0.05) is 17.4 Å². The smallest absolute Gasteiger partial charge is 0.231 e. The highest BCUT2D eigenvalue weighted by molar-refractivity contribution is 7.99. The highest BCUT2D eigenvalue weighted by Crippen LogP contribution is 2.42. The van der Waals surface area contributed by atoms with Gasteiger partial charge in [-0.1, -0.05) is 0 Å². The molecule has 3 heterocycles. The van der Waals surface area contributed by atoms with Gasteiger partial charge in [-0.15, -0.1) is 0 Å². The van der Waals surface area contributed by atoms with Gasteiger partial charge in [0.2, 0.25) is 6.79 Å². The lowest BCUT2D eigenvalue weighted by Gasteiger charge is -2.19. The minimum atomic E-state index is -0.281. The molecule has 0 spiro atoms. The number of rotatable bonds is 5. The molecule has 2 aliphatic rings. The number of fused-ring (bicyclic) bond motifs is 1. The van der Waals surface area contributed by atoms with Crippen LogP contribution in [0.3, 0.4) is 0 Å². The average Bonchev–Trinajstić information content (AvgIpc) is 3.46. The largest absolute Gasteiger partial charge is 0.488 e. The summed E-state index contributed by atoms with van der Waals surface area (Å²) >= 11 is 1.22. The molecule has 3 aromatic rings. The van der Waals surface area contributed by atoms with Crippen LogP contribution >= 0.6 is 12.1 Å². The molecule has 0 saturated carbocycles. The minimum absolute atomic E-state index is 0.147. The number of imidazole rings is 1. The number of halogens is 1. The van der Waals surface area contributed by atoms with E-state index in [1.54, 1.807) is 18.5 Å². The number of aromatic nitrogens is 2. The second-order valence-corrected chi connectivity index (χ2v) is 7.67. The predicted molar refractivity (Wildman–Crippen MR) is 121 cm³/mol. The Hall–Kier alpha value is -3.66. The number of ether oxygens (including phenoxy) is 3. The van der Waals surface area contributed by atoms with Crippen LogP contribution in [-0.4, -0.2) is 35.3 Å². The fourth-order valence-electron chi connectivity index (χ4n) is 3.32. The van der Waals surface area contributed by atoms with Gasteiger partial charge in [-0.3, -0.25) is 9.71 Å². The molecular weight excluding hydrogens is 433 g/mol. The van der Waals surface area contributed by atoms with Crippen LogP contribution in [-0.2, 0) is 4.74 Å². The summed E-state index contributed by atoms with van der Waals surface area (Å²) in [6.45, 7) is 3.12. The van der Waals surface area contributed by atoms with Crippen molar-refractivity contribution in [3.8, 4) is 17.2 Å². The average molecular weight is 453 g/mol. The first-order chi connectivity index (χ1) is 15.7. The Bertz CT molecular complexity index is 1190. The molecule has 0 radical (unpaired) electrons. The van der Waals surface area contributed by atoms with Gasteiger partial charge in [-0.25, -0.2) is 9.37 Å². The molecule has 0 amide bonds. The van der Waals surface area contributed by atoms with E-state index in [1.165, 1.54) is 24.3 Å². The second kappa shape index (κ2) is 8.83. The van der Waals surface area contributed by atoms with Crippen LogP contribution in [0, 0.1) is 12.7 Å². The summed E-state index contributed by atoms with van der Waals surface area (Å²) in [5, 5.41) is 0. The molecule has 10 heteroatoms. The molecule has 0 unspecified atom stereocenters. The van der Waals surface area contributed by atoms with Crippen molar-refractivity contribution in [2.45, 2.75) is 6.92 Å². The zero-order chi connectivity index (χ0) is 21.9. The van der Waals surface area contributed by atoms with Crippen LogP contribution in [0.2, 0.25) is 0 Å². The van der Waals surface area contributed by atoms with Crippen LogP contribution in [0.15, 0.2) is 59.7 Å². The van der Waals surface area contributed by atoms with Crippen LogP contribution in [0.1, 0.15) is 11.3 Å². The van der Waals surface area contributed by atoms with E-state index in [-0.39, 0.29) is 12.6 Å². The Balaban J connectivity index is 1.36. The number of hydrogen-bond donors (Lipinski definition) is 2. The molecule has 0 aliphatic carbocycles. The minimum Gasteiger partial charge on any atom is -0.488 e. The van der Waals surface area contributed by atoms with Gasteiger partial charge in [0.05, 0.1) is 36.4 Å². The molecule has 0 bridgehead atoms. The Morgan fingerprint density at radius 2 is 1.91 bits per heavy atom. The highest BCUT2D eigenvalue weighted by Gasteiger charge is 2.24. The third kappa shape index (κ3) is 4.22. The van der Waals surface area contributed by atoms with Crippen molar-refractivity contribution in [1.82, 2.24) is 14.3 Å². The van der Waals surface area contributed by atoms with Crippen molar-refractivity contribution in [3.63, 3.8) is 0 Å². The van der Waals surface area contributed by atoms with E-state index >= 15 is 0 Å². The van der Waals surface area contributed by atoms with Crippen LogP contribution < -0.4 is 18.9 Å². The lowest BCUT2D eigenvalue weighted by molar-refractivity contribution is 0.173. The maximum Gasteiger partial charge on any atom is 0.231 e. The number of aryl methyl sites for hydroxylation is 1. The Labute approximate surface area is 188 Å². The number of hydrogen-bond acceptors (Lipinski definition) is 8. The van der Waals surface area contributed by atoms with E-state index in [4.69, 9.17) is 14.2 Å². The Kier molecular flexibility index (Phi) is 5.59. The fraction of sp³-hybridized carbons (Fsp3) is 0.182. The number of amidine groups is 1. The van der Waals surface area contributed by atoms with E-state index in [2.05, 4.69) is 19.4 Å². The Morgan fingerprint density at radius 3 is 2.72 bits per heavy atom. The summed E-state index contributed by atoms with van der Waals surface area (Å²) in [4.78, 5) is 8.80. The van der Waals surface area contributed by atoms with E-state index in [0.29, 0.717) is 36.2 Å². The standard InChI is InChI=1S/C22H20FN5O3S/c1-14-11-28(12-25-14)18-7-2-15(20-21(18)31-13-30-20)10-19-22(24-8-9-29-19)27-32-26-17-5-3-16(23)4-6-17/h2-7,10-12,26H,8-9,13H2,1H3,(H,24,27)/b19-10-. The molecule has 2 aliphatic heterocycles. The molecule has 2 aromatic carbocycles. The third-order valence-electron chi connectivity index (χ3n) is 4.82. The predicted octanol–water partition coefficient (Wildman–Crippen LogP) is 4.08. The van der Waals surface area contributed by atoms with Crippen molar-refractivity contribution in [2.75, 3.05) is 24.7 Å². The highest BCUT2D eigenvalue weighted by atomic mass is 32.2. The third-order valence-corrected chi connectivity index (χ3v) is 5.45. The number of benzene rings is 2. The quantitative estimate of drug-likeness (QED) is 0.564. The van der Waals surface area contributed by atoms with Crippen molar-refractivity contribution >= 4 is 29.7 Å². The van der Waals surface area contributed by atoms with Crippen LogP contribution in [0.4, 0.5) is 10.1 Å². The summed E-state index contributed by atoms with van der Waals surface area (Å²) in [5.74, 6) is 2.21. The molecule has 0 atom stereocenters. The second-order valence-electron chi connectivity index (χ2n) is 7.06. The molecule has 0 fully saturated rings. The molecule has 1 aromatic heterocycles. The summed E-state index contributed by atoms with van der Waals surface area (Å²) < 4.78 is 38.6. The summed E-state index contributed by atoms with van der Waals surface area (Å²) in [6, 6.07) is 10.0. The van der Waals surface area contributed by atoms with Gasteiger partial charge in [0.25, 0.3) is 0 Å². The molecule has 5 rings (SSSR count). The van der Waals surface area contributed by atoms with Gasteiger partial charge < -0.3 is 23.5 Å². The lowest BCUT2D eigenvalue weighted by atomic mass is 10.1. The van der Waals surface area contributed by atoms with E-state index in [1.807, 2.05) is 35.9 Å². The SMILES string of the molecule is Cc1cn(-c2ccc(/C=C3\OCCN=C3NSNc3ccc(F)cc3)c3c2OCO3)cn1. The normalized spacial score (nSPS) is 15.9. The topological polar surface area (TPSA) is 81.9 Å². The zero-order valence-corrected chi connectivity index (χ0v) is 18.0. The molecule has 8 nitrogen and oxygen atoms in total. The van der Waals surface area contributed by atoms with Gasteiger partial charge in [-0.2, -0.15) is 0 Å². The molecule has 0 saturated heterocycles. The van der Waals surface area contributed by atoms with E-state index < -0.39 is 0 Å². The molecule has 32 heavy (non-hydrogen) atoms. The molecular formula is C22H20FN5O3S. The maximum absolute atomic E-state index is 13.1. The van der Waals surface area contributed by atoms with Crippen molar-refractivity contribution in [2.24, 2.45) is 4.99 Å². The van der Waals surface area contributed by atoms with Crippen molar-refractivity contribution < 1.29 is 18.6 Å². The first kappa shape index (κ1) is 20.3. The monoisotopic (exact) mass is 453 g/mol. The maximum atomic E-state index is 13.1. The molecule has 2 N–H and O–H groups in total. The summed E-state index contributed by atoms with van der Waals surface area (Å²) in [5.41, 5.74) is 3.36. The van der Waals surface area contributed by atoms with Gasteiger partial charge in [0.1, 0.15) is 12.4 Å². The van der Waals surface area contributed by atoms with Gasteiger partial charge in [-0.05, 0) is 49.4 Å². The van der Waals surface area contributed by atoms with Crippen molar-refractivity contribution in [3.05, 3.63) is 71.8 Å². The van der Waals surface area contributed by atoms with Crippen molar-refractivity contribution in [1.29, 1.82) is 0 Å². The first-order valence-electron chi connectivity index (χ1n) is 9.94. The van der Waals surface area contributed by atoms with Crippen LogP contribution in [0.25, 0.3) is 11.8 Å². The lowest BCUT2D eigenvalue weighted by Crippen LogP contribution is -2.26. The van der Waals surface area contributed by atoms with Gasteiger partial charge in [0.15, 0.2) is 23.1 Å². The first-order valence-corrected chi connectivity index (χ1v) is 10.8. The number of nitrogens with one attached hydrogen (secondary N) is 2. The van der Waals surface area contributed by atoms with Gasteiger partial charge >= 0.3 is 0 Å². The number of anilines is 1. The Morgan fingerprint density at radius 1 is 1.06 bits per heavy atom. The van der Waals surface area contributed by atoms with Crippen LogP contribution in [0.5, 0.6) is 11.5 Å². The number of aliphatic imine (C=N–C) groups is 1. The fourth-order valence-corrected chi connectivity index (χ4v) is 3.88. The number of nitrogens with zero attached hydrogens (tertiary/aromatic N) is 3. The summed E-state index contributed by atoms with van der Waals surface area (Å²) in [6.07, 6.45) is 5.55. The molecule has 164 valence electrons. The van der Waals surface area contributed by atoms with E-state index in [9.17, 15) is 4.39 Å². The summed E-state index contributed by atoms with van der Waals surface area (Å²) in [7, 11) is 0.